The van der Waals surface area contributed by atoms with Gasteiger partial charge in [0.2, 0.25) is 12.4 Å². The normalized spacial score (nSPS) is 27.4. The van der Waals surface area contributed by atoms with Crippen LogP contribution in [-0.4, -0.2) is 74.2 Å². The van der Waals surface area contributed by atoms with Crippen LogP contribution in [0.1, 0.15) is 27.7 Å². The van der Waals surface area contributed by atoms with Gasteiger partial charge in [-0.15, -0.1) is 0 Å². The highest BCUT2D eigenvalue weighted by Crippen LogP contribution is 2.30. The van der Waals surface area contributed by atoms with Gasteiger partial charge in [0, 0.05) is 27.7 Å². The number of ether oxygens (including phenoxy) is 5. The molecule has 0 aromatic carbocycles. The van der Waals surface area contributed by atoms with Crippen LogP contribution in [-0.2, 0) is 57.4 Å². The van der Waals surface area contributed by atoms with Gasteiger partial charge in [-0.1, -0.05) is 0 Å². The summed E-state index contributed by atoms with van der Waals surface area (Å²) in [7, 11) is -4.91. The first kappa shape index (κ1) is 23.7. The molecular formula is C14H20O13S. The van der Waals surface area contributed by atoms with Crippen molar-refractivity contribution in [3.05, 3.63) is 0 Å². The molecule has 0 amide bonds. The second-order valence-corrected chi connectivity index (χ2v) is 6.68. The Bertz CT molecular complexity index is 715. The third-order valence-electron chi connectivity index (χ3n) is 3.16. The van der Waals surface area contributed by atoms with Crippen molar-refractivity contribution in [3.8, 4) is 0 Å². The minimum absolute atomic E-state index is 0.864. The van der Waals surface area contributed by atoms with Crippen molar-refractivity contribution in [1.29, 1.82) is 0 Å². The molecule has 1 aliphatic heterocycles. The molecule has 13 nitrogen and oxygen atoms in total. The lowest BCUT2D eigenvalue weighted by Crippen LogP contribution is -2.63. The molecule has 1 heterocycles. The van der Waals surface area contributed by atoms with Crippen LogP contribution in [0.5, 0.6) is 0 Å². The fraction of sp³-hybridized carbons (Fsp3) is 0.714. The molecule has 28 heavy (non-hydrogen) atoms. The van der Waals surface area contributed by atoms with Gasteiger partial charge < -0.3 is 23.7 Å². The predicted octanol–water partition coefficient (Wildman–Crippen LogP) is -1.11. The van der Waals surface area contributed by atoms with Crippen LogP contribution in [0.2, 0.25) is 0 Å². The summed E-state index contributed by atoms with van der Waals surface area (Å²) in [4.78, 5) is 45.8. The lowest BCUT2D eigenvalue weighted by Gasteiger charge is -2.43. The summed E-state index contributed by atoms with van der Waals surface area (Å²) < 4.78 is 60.0. The molecular weight excluding hydrogens is 408 g/mol. The van der Waals surface area contributed by atoms with E-state index in [9.17, 15) is 27.6 Å². The van der Waals surface area contributed by atoms with Crippen LogP contribution in [0, 0.1) is 0 Å². The van der Waals surface area contributed by atoms with E-state index < -0.39 is 71.6 Å². The number of carbonyl (C=O) groups is 4. The average Bonchev–Trinajstić information content (AvgIpc) is 2.48. The smallest absolute Gasteiger partial charge is 0.397 e. The molecule has 0 radical (unpaired) electrons. The Morgan fingerprint density at radius 1 is 0.786 bits per heavy atom. The molecule has 1 fully saturated rings. The summed E-state index contributed by atoms with van der Waals surface area (Å²) in [6.07, 6.45) is -7.77. The van der Waals surface area contributed by atoms with Crippen LogP contribution in [0.4, 0.5) is 0 Å². The van der Waals surface area contributed by atoms with Crippen LogP contribution in [0.15, 0.2) is 0 Å². The van der Waals surface area contributed by atoms with Crippen LogP contribution < -0.4 is 0 Å². The predicted molar refractivity (Wildman–Crippen MR) is 84.6 cm³/mol. The van der Waals surface area contributed by atoms with E-state index in [0.717, 1.165) is 27.7 Å². The van der Waals surface area contributed by atoms with Crippen molar-refractivity contribution < 1.29 is 60.0 Å². The fourth-order valence-electron chi connectivity index (χ4n) is 2.40. The summed E-state index contributed by atoms with van der Waals surface area (Å²) in [6.45, 7) is 3.14. The lowest BCUT2D eigenvalue weighted by atomic mass is 9.98. The number of esters is 4. The van der Waals surface area contributed by atoms with Gasteiger partial charge in [0.15, 0.2) is 12.2 Å². The Morgan fingerprint density at radius 2 is 1.21 bits per heavy atom. The average molecular weight is 428 g/mol. The van der Waals surface area contributed by atoms with E-state index >= 15 is 0 Å². The highest BCUT2D eigenvalue weighted by Gasteiger charge is 2.53. The zero-order valence-corrected chi connectivity index (χ0v) is 16.2. The second-order valence-electron chi connectivity index (χ2n) is 5.59. The number of hydrogen-bond acceptors (Lipinski definition) is 12. The van der Waals surface area contributed by atoms with Gasteiger partial charge in [-0.3, -0.25) is 23.7 Å². The zero-order valence-electron chi connectivity index (χ0n) is 15.3. The SMILES string of the molecule is CC(=O)O[C@@H]1O[C@H](COS(=O)(=O)O)[C@@H](OC(C)=O)[C@H](OC(C)=O)[C@H]1OC(C)=O. The monoisotopic (exact) mass is 428 g/mol. The van der Waals surface area contributed by atoms with Gasteiger partial charge in [0.05, 0.1) is 6.61 Å². The second kappa shape index (κ2) is 9.77. The van der Waals surface area contributed by atoms with E-state index in [4.69, 9.17) is 28.2 Å². The van der Waals surface area contributed by atoms with Gasteiger partial charge in [-0.25, -0.2) is 4.18 Å². The summed E-state index contributed by atoms with van der Waals surface area (Å²) >= 11 is 0. The number of rotatable bonds is 7. The maximum atomic E-state index is 11.5. The standard InChI is InChI=1S/C14H20O13S/c1-6(15)23-11-10(5-22-28(19,20)21)27-14(26-9(4)18)13(25-8(3)17)12(11)24-7(2)16/h10-14H,5H2,1-4H3,(H,19,20,21)/t10-,11-,12+,13-,14-/m1/s1. The minimum atomic E-state index is -4.91. The zero-order chi connectivity index (χ0) is 21.6. The van der Waals surface area contributed by atoms with Crippen LogP contribution in [0.3, 0.4) is 0 Å². The molecule has 0 saturated carbocycles. The van der Waals surface area contributed by atoms with Crippen molar-refractivity contribution >= 4 is 34.3 Å². The van der Waals surface area contributed by atoms with E-state index in [1.165, 1.54) is 0 Å². The summed E-state index contributed by atoms with van der Waals surface area (Å²) in [5.41, 5.74) is 0. The van der Waals surface area contributed by atoms with E-state index in [-0.39, 0.29) is 0 Å². The molecule has 0 unspecified atom stereocenters. The summed E-state index contributed by atoms with van der Waals surface area (Å²) in [5.74, 6) is -3.49. The lowest BCUT2D eigenvalue weighted by molar-refractivity contribution is -0.298. The topological polar surface area (TPSA) is 178 Å². The summed E-state index contributed by atoms with van der Waals surface area (Å²) in [6, 6.07) is 0. The van der Waals surface area contributed by atoms with Gasteiger partial charge in [-0.2, -0.15) is 8.42 Å². The molecule has 1 saturated heterocycles. The van der Waals surface area contributed by atoms with E-state index in [1.807, 2.05) is 0 Å². The molecule has 14 heteroatoms. The van der Waals surface area contributed by atoms with Crippen molar-refractivity contribution in [2.45, 2.75) is 58.4 Å². The molecule has 1 N–H and O–H groups in total. The van der Waals surface area contributed by atoms with E-state index in [2.05, 4.69) is 4.18 Å². The minimum Gasteiger partial charge on any atom is -0.456 e. The Kier molecular flexibility index (Phi) is 8.29. The quantitative estimate of drug-likeness (QED) is 0.293. The molecule has 0 bridgehead atoms. The van der Waals surface area contributed by atoms with Crippen LogP contribution in [0.25, 0.3) is 0 Å². The third kappa shape index (κ3) is 7.75. The van der Waals surface area contributed by atoms with Gasteiger partial charge >= 0.3 is 34.3 Å². The van der Waals surface area contributed by atoms with E-state index in [0.29, 0.717) is 0 Å². The first-order chi connectivity index (χ1) is 12.8. The first-order valence-electron chi connectivity index (χ1n) is 7.76. The Hall–Kier alpha value is -2.29. The largest absolute Gasteiger partial charge is 0.456 e. The van der Waals surface area contributed by atoms with Crippen molar-refractivity contribution in [2.24, 2.45) is 0 Å². The number of carbonyl (C=O) groups excluding carboxylic acids is 4. The van der Waals surface area contributed by atoms with E-state index in [1.54, 1.807) is 0 Å². The maximum absolute atomic E-state index is 11.5. The molecule has 160 valence electrons. The van der Waals surface area contributed by atoms with Crippen molar-refractivity contribution in [3.63, 3.8) is 0 Å². The van der Waals surface area contributed by atoms with Gasteiger partial charge in [0.1, 0.15) is 6.10 Å². The summed E-state index contributed by atoms with van der Waals surface area (Å²) in [5, 5.41) is 0. The molecule has 0 aromatic heterocycles. The van der Waals surface area contributed by atoms with Gasteiger partial charge in [-0.05, 0) is 0 Å². The molecule has 0 aromatic rings. The molecule has 5 atom stereocenters. The highest BCUT2D eigenvalue weighted by atomic mass is 32.3. The molecule has 1 rings (SSSR count). The Labute approximate surface area is 160 Å². The number of hydrogen-bond donors (Lipinski definition) is 1. The molecule has 0 aliphatic carbocycles. The Balaban J connectivity index is 3.33. The van der Waals surface area contributed by atoms with Crippen LogP contribution >= 0.6 is 0 Å². The fourth-order valence-corrected chi connectivity index (χ4v) is 2.71. The highest BCUT2D eigenvalue weighted by molar-refractivity contribution is 7.80. The maximum Gasteiger partial charge on any atom is 0.397 e. The van der Waals surface area contributed by atoms with Crippen molar-refractivity contribution in [2.75, 3.05) is 6.61 Å². The van der Waals surface area contributed by atoms with Gasteiger partial charge in [0.25, 0.3) is 0 Å². The molecule has 1 aliphatic rings. The van der Waals surface area contributed by atoms with Crippen molar-refractivity contribution in [1.82, 2.24) is 0 Å². The molecule has 0 spiro atoms. The Morgan fingerprint density at radius 3 is 1.64 bits per heavy atom. The first-order valence-corrected chi connectivity index (χ1v) is 9.13. The third-order valence-corrected chi connectivity index (χ3v) is 3.59.